The van der Waals surface area contributed by atoms with Crippen LogP contribution in [0.4, 0.5) is 0 Å². The van der Waals surface area contributed by atoms with Gasteiger partial charge in [0.15, 0.2) is 0 Å². The SMILES string of the molecule is C=C(CC=CC=C(C)C)CCC=C(C)C. The highest BCUT2D eigenvalue weighted by Gasteiger charge is 1.89. The summed E-state index contributed by atoms with van der Waals surface area (Å²) in [5.41, 5.74) is 4.04. The van der Waals surface area contributed by atoms with Gasteiger partial charge in [-0.25, -0.2) is 0 Å². The molecule has 0 aromatic rings. The summed E-state index contributed by atoms with van der Waals surface area (Å²) in [6.07, 6.45) is 11.9. The van der Waals surface area contributed by atoms with Crippen LogP contribution in [0, 0.1) is 0 Å². The Bertz CT molecular complexity index is 266. The van der Waals surface area contributed by atoms with Gasteiger partial charge >= 0.3 is 0 Å². The van der Waals surface area contributed by atoms with Crippen molar-refractivity contribution < 1.29 is 0 Å². The molecule has 0 aliphatic carbocycles. The van der Waals surface area contributed by atoms with Crippen molar-refractivity contribution in [1.29, 1.82) is 0 Å². The van der Waals surface area contributed by atoms with E-state index < -0.39 is 0 Å². The molecule has 0 heterocycles. The van der Waals surface area contributed by atoms with Gasteiger partial charge in [0.2, 0.25) is 0 Å². The monoisotopic (exact) mass is 204 g/mol. The second kappa shape index (κ2) is 8.28. The van der Waals surface area contributed by atoms with Gasteiger partial charge < -0.3 is 0 Å². The molecule has 0 N–H and O–H groups in total. The van der Waals surface area contributed by atoms with E-state index in [0.29, 0.717) is 0 Å². The Morgan fingerprint density at radius 2 is 1.73 bits per heavy atom. The Kier molecular flexibility index (Phi) is 7.71. The first-order chi connectivity index (χ1) is 7.02. The van der Waals surface area contributed by atoms with Crippen LogP contribution in [-0.4, -0.2) is 0 Å². The molecule has 0 aromatic heterocycles. The lowest BCUT2D eigenvalue weighted by Gasteiger charge is -1.99. The third-order valence-corrected chi connectivity index (χ3v) is 2.02. The second-order valence-corrected chi connectivity index (χ2v) is 4.45. The largest absolute Gasteiger partial charge is 0.0995 e. The zero-order chi connectivity index (χ0) is 11.7. The predicted molar refractivity (Wildman–Crippen MR) is 71.0 cm³/mol. The van der Waals surface area contributed by atoms with Gasteiger partial charge in [0, 0.05) is 0 Å². The highest BCUT2D eigenvalue weighted by molar-refractivity contribution is 5.12. The molecule has 0 bridgehead atoms. The minimum absolute atomic E-state index is 1.00. The van der Waals surface area contributed by atoms with Crippen LogP contribution in [-0.2, 0) is 0 Å². The summed E-state index contributed by atoms with van der Waals surface area (Å²) in [4.78, 5) is 0. The van der Waals surface area contributed by atoms with Gasteiger partial charge in [0.25, 0.3) is 0 Å². The summed E-state index contributed by atoms with van der Waals surface area (Å²) in [7, 11) is 0. The van der Waals surface area contributed by atoms with Crippen molar-refractivity contribution in [3.8, 4) is 0 Å². The highest BCUT2D eigenvalue weighted by Crippen LogP contribution is 2.09. The van der Waals surface area contributed by atoms with Crippen molar-refractivity contribution in [3.05, 3.63) is 47.6 Å². The standard InChI is InChI=1S/C15H24/c1-13(2)9-6-7-11-15(5)12-8-10-14(3)4/h6-7,9-10H,5,8,11-12H2,1-4H3. The molecule has 0 aliphatic heterocycles. The normalized spacial score (nSPS) is 10.1. The third kappa shape index (κ3) is 10.9. The molecular weight excluding hydrogens is 180 g/mol. The maximum Gasteiger partial charge on any atom is -0.0138 e. The van der Waals surface area contributed by atoms with Crippen LogP contribution >= 0.6 is 0 Å². The van der Waals surface area contributed by atoms with E-state index >= 15 is 0 Å². The summed E-state index contributed by atoms with van der Waals surface area (Å²) in [6, 6.07) is 0. The van der Waals surface area contributed by atoms with Crippen molar-refractivity contribution in [3.63, 3.8) is 0 Å². The van der Waals surface area contributed by atoms with Crippen LogP contribution < -0.4 is 0 Å². The molecule has 0 saturated heterocycles. The summed E-state index contributed by atoms with van der Waals surface area (Å²) in [5.74, 6) is 0. The van der Waals surface area contributed by atoms with E-state index in [4.69, 9.17) is 0 Å². The van der Waals surface area contributed by atoms with E-state index in [-0.39, 0.29) is 0 Å². The van der Waals surface area contributed by atoms with E-state index in [1.807, 2.05) is 0 Å². The smallest absolute Gasteiger partial charge is 0.0138 e. The summed E-state index contributed by atoms with van der Waals surface area (Å²) < 4.78 is 0. The number of hydrogen-bond acceptors (Lipinski definition) is 0. The van der Waals surface area contributed by atoms with Gasteiger partial charge in [-0.2, -0.15) is 0 Å². The lowest BCUT2D eigenvalue weighted by Crippen LogP contribution is -1.79. The quantitative estimate of drug-likeness (QED) is 0.412. The lowest BCUT2D eigenvalue weighted by molar-refractivity contribution is 0.938. The molecule has 0 spiro atoms. The van der Waals surface area contributed by atoms with Crippen LogP contribution in [0.1, 0.15) is 47.0 Å². The zero-order valence-electron chi connectivity index (χ0n) is 10.6. The van der Waals surface area contributed by atoms with Crippen molar-refractivity contribution in [2.75, 3.05) is 0 Å². The van der Waals surface area contributed by atoms with E-state index in [1.54, 1.807) is 0 Å². The van der Waals surface area contributed by atoms with Crippen LogP contribution in [0.25, 0.3) is 0 Å². The zero-order valence-corrected chi connectivity index (χ0v) is 10.6. The topological polar surface area (TPSA) is 0 Å². The Hall–Kier alpha value is -1.04. The molecule has 0 radical (unpaired) electrons. The minimum atomic E-state index is 1.00. The van der Waals surface area contributed by atoms with Gasteiger partial charge in [-0.3, -0.25) is 0 Å². The fourth-order valence-electron chi connectivity index (χ4n) is 1.16. The van der Waals surface area contributed by atoms with Crippen LogP contribution in [0.5, 0.6) is 0 Å². The maximum absolute atomic E-state index is 4.07. The molecule has 0 atom stereocenters. The molecule has 84 valence electrons. The molecule has 0 heteroatoms. The lowest BCUT2D eigenvalue weighted by atomic mass is 10.1. The molecule has 0 aliphatic rings. The summed E-state index contributed by atoms with van der Waals surface area (Å²) in [6.45, 7) is 12.6. The van der Waals surface area contributed by atoms with E-state index in [0.717, 1.165) is 19.3 Å². The Morgan fingerprint density at radius 3 is 2.27 bits per heavy atom. The highest BCUT2D eigenvalue weighted by atomic mass is 14.0. The van der Waals surface area contributed by atoms with E-state index in [9.17, 15) is 0 Å². The van der Waals surface area contributed by atoms with E-state index in [2.05, 4.69) is 58.6 Å². The van der Waals surface area contributed by atoms with Crippen molar-refractivity contribution in [2.24, 2.45) is 0 Å². The minimum Gasteiger partial charge on any atom is -0.0995 e. The third-order valence-electron chi connectivity index (χ3n) is 2.02. The number of rotatable bonds is 6. The fraction of sp³-hybridized carbons (Fsp3) is 0.467. The Balaban J connectivity index is 3.72. The molecular formula is C15H24. The van der Waals surface area contributed by atoms with Crippen molar-refractivity contribution in [2.45, 2.75) is 47.0 Å². The first-order valence-electron chi connectivity index (χ1n) is 5.62. The number of allylic oxidation sites excluding steroid dienone is 7. The first kappa shape index (κ1) is 14.0. The molecule has 0 rings (SSSR count). The van der Waals surface area contributed by atoms with Crippen LogP contribution in [0.15, 0.2) is 47.6 Å². The van der Waals surface area contributed by atoms with E-state index in [1.165, 1.54) is 16.7 Å². The van der Waals surface area contributed by atoms with Gasteiger partial charge in [0.1, 0.15) is 0 Å². The first-order valence-corrected chi connectivity index (χ1v) is 5.62. The Morgan fingerprint density at radius 1 is 1.07 bits per heavy atom. The average molecular weight is 204 g/mol. The second-order valence-electron chi connectivity index (χ2n) is 4.45. The summed E-state index contributed by atoms with van der Waals surface area (Å²) in [5, 5.41) is 0. The summed E-state index contributed by atoms with van der Waals surface area (Å²) >= 11 is 0. The predicted octanol–water partition coefficient (Wildman–Crippen LogP) is 5.20. The van der Waals surface area contributed by atoms with Gasteiger partial charge in [0.05, 0.1) is 0 Å². The van der Waals surface area contributed by atoms with Gasteiger partial charge in [-0.1, -0.05) is 47.6 Å². The fourth-order valence-corrected chi connectivity index (χ4v) is 1.16. The van der Waals surface area contributed by atoms with Gasteiger partial charge in [-0.15, -0.1) is 0 Å². The molecule has 0 saturated carbocycles. The maximum atomic E-state index is 4.07. The molecule has 0 aromatic carbocycles. The molecule has 0 fully saturated rings. The molecule has 0 nitrogen and oxygen atoms in total. The Labute approximate surface area is 95.1 Å². The van der Waals surface area contributed by atoms with Crippen LogP contribution in [0.2, 0.25) is 0 Å². The number of hydrogen-bond donors (Lipinski definition) is 0. The average Bonchev–Trinajstić information content (AvgIpc) is 2.11. The molecule has 15 heavy (non-hydrogen) atoms. The molecule has 0 amide bonds. The van der Waals surface area contributed by atoms with Crippen LogP contribution in [0.3, 0.4) is 0 Å². The van der Waals surface area contributed by atoms with Crippen molar-refractivity contribution >= 4 is 0 Å². The molecule has 0 unspecified atom stereocenters. The van der Waals surface area contributed by atoms with Gasteiger partial charge in [-0.05, 0) is 47.0 Å². The van der Waals surface area contributed by atoms with Crippen molar-refractivity contribution in [1.82, 2.24) is 0 Å².